The van der Waals surface area contributed by atoms with Crippen LogP contribution in [0.2, 0.25) is 0 Å². The first-order valence-electron chi connectivity index (χ1n) is 7.81. The third kappa shape index (κ3) is 3.76. The summed E-state index contributed by atoms with van der Waals surface area (Å²) in [5.41, 5.74) is 0.714. The van der Waals surface area contributed by atoms with Crippen LogP contribution in [0.1, 0.15) is 41.7 Å². The summed E-state index contributed by atoms with van der Waals surface area (Å²) in [7, 11) is 0. The molecule has 3 aromatic rings. The molecule has 0 aliphatic carbocycles. The Balaban J connectivity index is 1.76. The molecule has 0 atom stereocenters. The van der Waals surface area contributed by atoms with Gasteiger partial charge in [0, 0.05) is 11.5 Å². The van der Waals surface area contributed by atoms with Gasteiger partial charge in [-0.2, -0.15) is 0 Å². The van der Waals surface area contributed by atoms with E-state index in [9.17, 15) is 4.79 Å². The van der Waals surface area contributed by atoms with Crippen molar-refractivity contribution in [2.24, 2.45) is 0 Å². The molecular weight excluding hydrogens is 322 g/mol. The molecular formula is C18H19N3O2S. The van der Waals surface area contributed by atoms with Crippen molar-refractivity contribution in [2.75, 3.05) is 5.75 Å². The van der Waals surface area contributed by atoms with Gasteiger partial charge in [-0.3, -0.25) is 9.36 Å². The van der Waals surface area contributed by atoms with Crippen LogP contribution < -0.4 is 0 Å². The van der Waals surface area contributed by atoms with E-state index in [-0.39, 0.29) is 11.7 Å². The summed E-state index contributed by atoms with van der Waals surface area (Å²) < 4.78 is 7.46. The number of furan rings is 1. The Hall–Kier alpha value is -2.34. The molecule has 0 radical (unpaired) electrons. The van der Waals surface area contributed by atoms with Crippen molar-refractivity contribution < 1.29 is 9.21 Å². The van der Waals surface area contributed by atoms with Gasteiger partial charge < -0.3 is 4.42 Å². The molecule has 5 nitrogen and oxygen atoms in total. The SMILES string of the molecule is CC(C)c1nnc(SCC(=O)c2ccccc2)n1Cc1ccco1. The average molecular weight is 341 g/mol. The molecule has 0 aliphatic heterocycles. The second kappa shape index (κ2) is 7.49. The van der Waals surface area contributed by atoms with Crippen LogP contribution in [0.15, 0.2) is 58.3 Å². The molecule has 2 aromatic heterocycles. The van der Waals surface area contributed by atoms with Gasteiger partial charge in [0.1, 0.15) is 11.6 Å². The van der Waals surface area contributed by atoms with Crippen LogP contribution >= 0.6 is 11.8 Å². The predicted molar refractivity (Wildman–Crippen MR) is 93.4 cm³/mol. The van der Waals surface area contributed by atoms with E-state index >= 15 is 0 Å². The summed E-state index contributed by atoms with van der Waals surface area (Å²) in [6.45, 7) is 4.72. The van der Waals surface area contributed by atoms with E-state index in [2.05, 4.69) is 24.0 Å². The fraction of sp³-hybridized carbons (Fsp3) is 0.278. The molecule has 1 aromatic carbocycles. The molecule has 0 spiro atoms. The number of carbonyl (C=O) groups excluding carboxylic acids is 1. The van der Waals surface area contributed by atoms with Gasteiger partial charge in [0.05, 0.1) is 18.6 Å². The highest BCUT2D eigenvalue weighted by Gasteiger charge is 2.18. The van der Waals surface area contributed by atoms with E-state index in [4.69, 9.17) is 4.42 Å². The summed E-state index contributed by atoms with van der Waals surface area (Å²) >= 11 is 1.41. The second-order valence-electron chi connectivity index (χ2n) is 5.74. The number of hydrogen-bond acceptors (Lipinski definition) is 5. The number of nitrogens with zero attached hydrogens (tertiary/aromatic N) is 3. The lowest BCUT2D eigenvalue weighted by atomic mass is 10.2. The molecule has 0 bridgehead atoms. The van der Waals surface area contributed by atoms with Gasteiger partial charge in [-0.1, -0.05) is 55.9 Å². The minimum absolute atomic E-state index is 0.0826. The second-order valence-corrected chi connectivity index (χ2v) is 6.68. The Morgan fingerprint density at radius 3 is 2.62 bits per heavy atom. The van der Waals surface area contributed by atoms with Gasteiger partial charge >= 0.3 is 0 Å². The maximum absolute atomic E-state index is 12.3. The number of Topliss-reactive ketones (excluding diaryl/α,β-unsaturated/α-hetero) is 1. The van der Waals surface area contributed by atoms with Crippen LogP contribution in [0.3, 0.4) is 0 Å². The molecule has 6 heteroatoms. The zero-order valence-electron chi connectivity index (χ0n) is 13.7. The molecule has 0 saturated carbocycles. The van der Waals surface area contributed by atoms with E-state index in [0.29, 0.717) is 17.9 Å². The zero-order valence-corrected chi connectivity index (χ0v) is 14.5. The van der Waals surface area contributed by atoms with Crippen molar-refractivity contribution in [1.29, 1.82) is 0 Å². The van der Waals surface area contributed by atoms with Gasteiger partial charge in [0.25, 0.3) is 0 Å². The molecule has 0 fully saturated rings. The Labute approximate surface area is 145 Å². The van der Waals surface area contributed by atoms with E-state index in [1.54, 1.807) is 6.26 Å². The first-order valence-corrected chi connectivity index (χ1v) is 8.80. The number of hydrogen-bond donors (Lipinski definition) is 0. The molecule has 124 valence electrons. The predicted octanol–water partition coefficient (Wildman–Crippen LogP) is 4.02. The monoisotopic (exact) mass is 341 g/mol. The maximum Gasteiger partial charge on any atom is 0.192 e. The van der Waals surface area contributed by atoms with Gasteiger partial charge in [-0.25, -0.2) is 0 Å². The largest absolute Gasteiger partial charge is 0.467 e. The standard InChI is InChI=1S/C18H19N3O2S/c1-13(2)17-19-20-18(21(17)11-15-9-6-10-23-15)24-12-16(22)14-7-4-3-5-8-14/h3-10,13H,11-12H2,1-2H3. The topological polar surface area (TPSA) is 60.9 Å². The molecule has 0 amide bonds. The number of aromatic nitrogens is 3. The third-order valence-corrected chi connectivity index (χ3v) is 4.55. The third-order valence-electron chi connectivity index (χ3n) is 3.58. The van der Waals surface area contributed by atoms with Crippen LogP contribution in [0.4, 0.5) is 0 Å². The first-order chi connectivity index (χ1) is 11.6. The lowest BCUT2D eigenvalue weighted by Gasteiger charge is -2.10. The summed E-state index contributed by atoms with van der Waals surface area (Å²) in [4.78, 5) is 12.3. The minimum Gasteiger partial charge on any atom is -0.467 e. The normalized spacial score (nSPS) is 11.1. The highest BCUT2D eigenvalue weighted by molar-refractivity contribution is 7.99. The number of benzene rings is 1. The lowest BCUT2D eigenvalue weighted by molar-refractivity contribution is 0.102. The van der Waals surface area contributed by atoms with Gasteiger partial charge in [0.15, 0.2) is 10.9 Å². The highest BCUT2D eigenvalue weighted by atomic mass is 32.2. The molecule has 0 aliphatic rings. The van der Waals surface area contributed by atoms with Gasteiger partial charge in [-0.05, 0) is 12.1 Å². The Bertz CT molecular complexity index is 795. The Morgan fingerprint density at radius 1 is 1.17 bits per heavy atom. The summed E-state index contributed by atoms with van der Waals surface area (Å²) in [5, 5.41) is 9.29. The zero-order chi connectivity index (χ0) is 16.9. The van der Waals surface area contributed by atoms with E-state index in [0.717, 1.165) is 16.7 Å². The summed E-state index contributed by atoms with van der Waals surface area (Å²) in [6, 6.07) is 13.1. The number of rotatable bonds is 7. The summed E-state index contributed by atoms with van der Waals surface area (Å²) in [6.07, 6.45) is 1.65. The maximum atomic E-state index is 12.3. The molecule has 0 saturated heterocycles. The van der Waals surface area contributed by atoms with Crippen molar-refractivity contribution in [3.8, 4) is 0 Å². The first kappa shape index (κ1) is 16.5. The quantitative estimate of drug-likeness (QED) is 0.480. The van der Waals surface area contributed by atoms with Crippen molar-refractivity contribution in [1.82, 2.24) is 14.8 Å². The number of ketones is 1. The molecule has 0 N–H and O–H groups in total. The van der Waals surface area contributed by atoms with E-state index in [1.807, 2.05) is 47.0 Å². The number of thioether (sulfide) groups is 1. The van der Waals surface area contributed by atoms with Crippen molar-refractivity contribution in [2.45, 2.75) is 31.5 Å². The van der Waals surface area contributed by atoms with Gasteiger partial charge in [0.2, 0.25) is 0 Å². The van der Waals surface area contributed by atoms with E-state index < -0.39 is 0 Å². The van der Waals surface area contributed by atoms with Crippen LogP contribution in [0, 0.1) is 0 Å². The Kier molecular flexibility index (Phi) is 5.15. The fourth-order valence-electron chi connectivity index (χ4n) is 2.38. The van der Waals surface area contributed by atoms with Gasteiger partial charge in [-0.15, -0.1) is 10.2 Å². The fourth-order valence-corrected chi connectivity index (χ4v) is 3.22. The molecule has 0 unspecified atom stereocenters. The van der Waals surface area contributed by atoms with Crippen LogP contribution in [-0.2, 0) is 6.54 Å². The smallest absolute Gasteiger partial charge is 0.192 e. The van der Waals surface area contributed by atoms with E-state index in [1.165, 1.54) is 11.8 Å². The molecule has 24 heavy (non-hydrogen) atoms. The highest BCUT2D eigenvalue weighted by Crippen LogP contribution is 2.23. The molecule has 2 heterocycles. The average Bonchev–Trinajstić information content (AvgIpc) is 3.24. The van der Waals surface area contributed by atoms with Crippen molar-refractivity contribution in [3.63, 3.8) is 0 Å². The minimum atomic E-state index is 0.0826. The van der Waals surface area contributed by atoms with Crippen LogP contribution in [0.5, 0.6) is 0 Å². The van der Waals surface area contributed by atoms with Crippen molar-refractivity contribution >= 4 is 17.5 Å². The Morgan fingerprint density at radius 2 is 1.96 bits per heavy atom. The number of carbonyl (C=O) groups is 1. The lowest BCUT2D eigenvalue weighted by Crippen LogP contribution is -2.09. The van der Waals surface area contributed by atoms with Crippen molar-refractivity contribution in [3.05, 3.63) is 65.9 Å². The molecule has 3 rings (SSSR count). The van der Waals surface area contributed by atoms with Crippen LogP contribution in [0.25, 0.3) is 0 Å². The summed E-state index contributed by atoms with van der Waals surface area (Å²) in [5.74, 6) is 2.39. The van der Waals surface area contributed by atoms with Crippen LogP contribution in [-0.4, -0.2) is 26.3 Å².